The van der Waals surface area contributed by atoms with Gasteiger partial charge in [0, 0.05) is 30.8 Å². The Morgan fingerprint density at radius 1 is 1.06 bits per heavy atom. The van der Waals surface area contributed by atoms with E-state index in [1.807, 2.05) is 0 Å². The molecule has 0 unspecified atom stereocenters. The topological polar surface area (TPSA) is 131 Å². The number of ether oxygens (including phenoxy) is 1. The standard InChI is InChI=1S/C25H28N4O6S/c1-2-34-24(31)17-11-13-29(14-12-17)18-5-8-20(9-6-18)36(32,33)35-19-7-10-21-22(15-19)27-25(26-21)28-23(30)16-3-4-16/h5-10,15-17H,2-4,11-14H2,1H3,(H2,26,27,28,30). The summed E-state index contributed by atoms with van der Waals surface area (Å²) in [5, 5.41) is 2.74. The lowest BCUT2D eigenvalue weighted by Crippen LogP contribution is -2.36. The Morgan fingerprint density at radius 3 is 2.44 bits per heavy atom. The van der Waals surface area contributed by atoms with E-state index in [1.165, 1.54) is 24.3 Å². The number of aromatic nitrogens is 2. The molecule has 2 heterocycles. The summed E-state index contributed by atoms with van der Waals surface area (Å²) < 4.78 is 36.2. The zero-order chi connectivity index (χ0) is 25.3. The molecule has 1 aliphatic heterocycles. The fourth-order valence-electron chi connectivity index (χ4n) is 4.29. The number of rotatable bonds is 8. The molecule has 5 rings (SSSR count). The number of fused-ring (bicyclic) bond motifs is 1. The fraction of sp³-hybridized carbons (Fsp3) is 0.400. The number of aromatic amines is 1. The van der Waals surface area contributed by atoms with Gasteiger partial charge in [0.1, 0.15) is 10.6 Å². The summed E-state index contributed by atoms with van der Waals surface area (Å²) in [5.41, 5.74) is 2.02. The lowest BCUT2D eigenvalue weighted by atomic mass is 9.96. The summed E-state index contributed by atoms with van der Waals surface area (Å²) >= 11 is 0. The van der Waals surface area contributed by atoms with Crippen molar-refractivity contribution in [1.82, 2.24) is 9.97 Å². The Morgan fingerprint density at radius 2 is 1.78 bits per heavy atom. The number of carbonyl (C=O) groups excluding carboxylic acids is 2. The molecule has 0 radical (unpaired) electrons. The Labute approximate surface area is 209 Å². The van der Waals surface area contributed by atoms with Crippen molar-refractivity contribution in [1.29, 1.82) is 0 Å². The van der Waals surface area contributed by atoms with Crippen molar-refractivity contribution in [2.24, 2.45) is 11.8 Å². The van der Waals surface area contributed by atoms with E-state index in [0.29, 0.717) is 49.5 Å². The number of esters is 1. The third kappa shape index (κ3) is 5.30. The van der Waals surface area contributed by atoms with E-state index in [4.69, 9.17) is 8.92 Å². The van der Waals surface area contributed by atoms with Gasteiger partial charge in [-0.1, -0.05) is 0 Å². The van der Waals surface area contributed by atoms with Crippen molar-refractivity contribution in [3.63, 3.8) is 0 Å². The molecule has 3 aromatic rings. The number of imidazole rings is 1. The van der Waals surface area contributed by atoms with Crippen LogP contribution in [0.2, 0.25) is 0 Å². The fourth-order valence-corrected chi connectivity index (χ4v) is 5.22. The predicted molar refractivity (Wildman–Crippen MR) is 133 cm³/mol. The Kier molecular flexibility index (Phi) is 6.57. The summed E-state index contributed by atoms with van der Waals surface area (Å²) in [6.45, 7) is 3.57. The van der Waals surface area contributed by atoms with E-state index in [2.05, 4.69) is 20.2 Å². The Balaban J connectivity index is 1.23. The highest BCUT2D eigenvalue weighted by atomic mass is 32.2. The van der Waals surface area contributed by atoms with Gasteiger partial charge in [0.2, 0.25) is 11.9 Å². The summed E-state index contributed by atoms with van der Waals surface area (Å²) in [6, 6.07) is 11.2. The minimum Gasteiger partial charge on any atom is -0.466 e. The molecule has 1 aliphatic carbocycles. The molecule has 1 aromatic heterocycles. The van der Waals surface area contributed by atoms with Gasteiger partial charge in [-0.15, -0.1) is 0 Å². The van der Waals surface area contributed by atoms with E-state index in [0.717, 1.165) is 18.5 Å². The van der Waals surface area contributed by atoms with E-state index >= 15 is 0 Å². The zero-order valence-electron chi connectivity index (χ0n) is 19.9. The molecular weight excluding hydrogens is 484 g/mol. The van der Waals surface area contributed by atoms with Gasteiger partial charge in [-0.3, -0.25) is 14.9 Å². The molecule has 1 amide bonds. The smallest absolute Gasteiger partial charge is 0.339 e. The molecule has 1 saturated heterocycles. The summed E-state index contributed by atoms with van der Waals surface area (Å²) in [5.74, 6) is 0.183. The van der Waals surface area contributed by atoms with Gasteiger partial charge in [-0.2, -0.15) is 8.42 Å². The molecule has 190 valence electrons. The van der Waals surface area contributed by atoms with E-state index < -0.39 is 10.1 Å². The highest BCUT2D eigenvalue weighted by Crippen LogP contribution is 2.31. The molecule has 0 bridgehead atoms. The minimum atomic E-state index is -4.06. The molecule has 0 spiro atoms. The molecule has 2 fully saturated rings. The molecular formula is C25H28N4O6S. The zero-order valence-corrected chi connectivity index (χ0v) is 20.7. The van der Waals surface area contributed by atoms with Gasteiger partial charge in [0.05, 0.1) is 23.6 Å². The second kappa shape index (κ2) is 9.81. The maximum absolute atomic E-state index is 12.9. The van der Waals surface area contributed by atoms with Crippen molar-refractivity contribution in [3.8, 4) is 5.75 Å². The lowest BCUT2D eigenvalue weighted by Gasteiger charge is -2.32. The van der Waals surface area contributed by atoms with Crippen LogP contribution in [0.25, 0.3) is 11.0 Å². The van der Waals surface area contributed by atoms with Crippen molar-refractivity contribution in [2.45, 2.75) is 37.5 Å². The number of piperidine rings is 1. The largest absolute Gasteiger partial charge is 0.466 e. The molecule has 1 saturated carbocycles. The first kappa shape index (κ1) is 24.1. The van der Waals surface area contributed by atoms with Gasteiger partial charge >= 0.3 is 16.1 Å². The van der Waals surface area contributed by atoms with Gasteiger partial charge in [-0.05, 0) is 69.0 Å². The monoisotopic (exact) mass is 512 g/mol. The third-order valence-electron chi connectivity index (χ3n) is 6.46. The average Bonchev–Trinajstić information content (AvgIpc) is 3.65. The molecule has 2 aromatic carbocycles. The summed E-state index contributed by atoms with van der Waals surface area (Å²) in [4.78, 5) is 33.4. The normalized spacial score (nSPS) is 16.6. The summed E-state index contributed by atoms with van der Waals surface area (Å²) in [7, 11) is -4.06. The number of H-pyrrole nitrogens is 1. The van der Waals surface area contributed by atoms with Gasteiger partial charge < -0.3 is 18.8 Å². The van der Waals surface area contributed by atoms with Crippen LogP contribution in [0.5, 0.6) is 5.75 Å². The third-order valence-corrected chi connectivity index (χ3v) is 7.72. The Bertz CT molecular complexity index is 1370. The predicted octanol–water partition coefficient (Wildman–Crippen LogP) is 3.46. The van der Waals surface area contributed by atoms with Crippen LogP contribution in [0.1, 0.15) is 32.6 Å². The van der Waals surface area contributed by atoms with Crippen molar-refractivity contribution in [3.05, 3.63) is 42.5 Å². The van der Waals surface area contributed by atoms with E-state index in [-0.39, 0.29) is 34.4 Å². The minimum absolute atomic E-state index is 0.0344. The lowest BCUT2D eigenvalue weighted by molar-refractivity contribution is -0.148. The van der Waals surface area contributed by atoms with Crippen molar-refractivity contribution < 1.29 is 26.9 Å². The van der Waals surface area contributed by atoms with Crippen LogP contribution in [0.3, 0.4) is 0 Å². The molecule has 36 heavy (non-hydrogen) atoms. The number of amides is 1. The van der Waals surface area contributed by atoms with Crippen LogP contribution in [-0.4, -0.2) is 50.0 Å². The van der Waals surface area contributed by atoms with Crippen molar-refractivity contribution in [2.75, 3.05) is 29.9 Å². The number of nitrogens with one attached hydrogen (secondary N) is 2. The second-order valence-electron chi connectivity index (χ2n) is 9.07. The van der Waals surface area contributed by atoms with Crippen LogP contribution in [-0.2, 0) is 24.4 Å². The number of anilines is 2. The van der Waals surface area contributed by atoms with Crippen LogP contribution < -0.4 is 14.4 Å². The molecule has 11 heteroatoms. The Hall–Kier alpha value is -3.60. The van der Waals surface area contributed by atoms with Crippen LogP contribution in [0.4, 0.5) is 11.6 Å². The highest BCUT2D eigenvalue weighted by molar-refractivity contribution is 7.87. The maximum atomic E-state index is 12.9. The maximum Gasteiger partial charge on any atom is 0.339 e. The van der Waals surface area contributed by atoms with E-state index in [9.17, 15) is 18.0 Å². The molecule has 2 aliphatic rings. The van der Waals surface area contributed by atoms with Crippen LogP contribution >= 0.6 is 0 Å². The number of nitrogens with zero attached hydrogens (tertiary/aromatic N) is 2. The van der Waals surface area contributed by atoms with Crippen molar-refractivity contribution >= 4 is 44.7 Å². The highest BCUT2D eigenvalue weighted by Gasteiger charge is 2.30. The second-order valence-corrected chi connectivity index (χ2v) is 10.6. The van der Waals surface area contributed by atoms with Gasteiger partial charge in [0.15, 0.2) is 0 Å². The van der Waals surface area contributed by atoms with Crippen LogP contribution in [0, 0.1) is 11.8 Å². The summed E-state index contributed by atoms with van der Waals surface area (Å²) in [6.07, 6.45) is 3.17. The first-order valence-corrected chi connectivity index (χ1v) is 13.5. The molecule has 0 atom stereocenters. The molecule has 10 nitrogen and oxygen atoms in total. The molecule has 2 N–H and O–H groups in total. The number of carbonyl (C=O) groups is 2. The van der Waals surface area contributed by atoms with Gasteiger partial charge in [-0.25, -0.2) is 4.98 Å². The average molecular weight is 513 g/mol. The first-order valence-electron chi connectivity index (χ1n) is 12.1. The first-order chi connectivity index (χ1) is 17.3. The number of hydrogen-bond donors (Lipinski definition) is 2. The quantitative estimate of drug-likeness (QED) is 0.347. The van der Waals surface area contributed by atoms with Crippen LogP contribution in [0.15, 0.2) is 47.4 Å². The SMILES string of the molecule is CCOC(=O)C1CCN(c2ccc(S(=O)(=O)Oc3ccc4[nH]c(NC(=O)C5CC5)nc4c3)cc2)CC1. The van der Waals surface area contributed by atoms with E-state index in [1.54, 1.807) is 25.1 Å². The number of benzene rings is 2. The number of hydrogen-bond acceptors (Lipinski definition) is 8. The van der Waals surface area contributed by atoms with Gasteiger partial charge in [0.25, 0.3) is 0 Å².